The van der Waals surface area contributed by atoms with Crippen molar-refractivity contribution >= 4 is 43.7 Å². The molecular formula is C36H34F6N6O7S2. The first-order valence-corrected chi connectivity index (χ1v) is 19.6. The smallest absolute Gasteiger partial charge is 0.422 e. The van der Waals surface area contributed by atoms with Crippen molar-refractivity contribution in [1.82, 2.24) is 29.9 Å². The Balaban J connectivity index is 0.931. The second kappa shape index (κ2) is 17.9. The Labute approximate surface area is 325 Å². The molecule has 2 N–H and O–H groups in total. The zero-order valence-corrected chi connectivity index (χ0v) is 31.8. The van der Waals surface area contributed by atoms with Crippen molar-refractivity contribution in [2.75, 3.05) is 39.6 Å². The van der Waals surface area contributed by atoms with Crippen LogP contribution in [0.4, 0.5) is 26.3 Å². The van der Waals surface area contributed by atoms with Crippen LogP contribution in [-0.2, 0) is 37.8 Å². The van der Waals surface area contributed by atoms with Crippen LogP contribution in [0.5, 0.6) is 23.0 Å². The maximum Gasteiger partial charge on any atom is 0.422 e. The number of halogens is 6. The van der Waals surface area contributed by atoms with Gasteiger partial charge in [-0.3, -0.25) is 18.4 Å². The molecule has 4 heterocycles. The van der Waals surface area contributed by atoms with Crippen LogP contribution in [-0.4, -0.2) is 90.3 Å². The van der Waals surface area contributed by atoms with Crippen LogP contribution in [0.3, 0.4) is 0 Å². The molecule has 0 saturated heterocycles. The van der Waals surface area contributed by atoms with E-state index in [1.165, 1.54) is 24.5 Å². The molecule has 4 aromatic heterocycles. The van der Waals surface area contributed by atoms with Crippen LogP contribution in [0.1, 0.15) is 22.5 Å². The van der Waals surface area contributed by atoms with Gasteiger partial charge in [-0.1, -0.05) is 0 Å². The van der Waals surface area contributed by atoms with E-state index in [2.05, 4.69) is 29.9 Å². The third-order valence-electron chi connectivity index (χ3n) is 8.12. The molecule has 6 aromatic rings. The first-order chi connectivity index (χ1) is 27.1. The number of alkyl halides is 6. The molecule has 2 unspecified atom stereocenters. The summed E-state index contributed by atoms with van der Waals surface area (Å²) in [6.07, 6.45) is -6.39. The molecule has 2 aromatic carbocycles. The molecule has 2 atom stereocenters. The number of ether oxygens (including phenoxy) is 5. The maximum absolute atomic E-state index is 13.1. The molecule has 304 valence electrons. The van der Waals surface area contributed by atoms with Crippen LogP contribution in [0.15, 0.2) is 71.2 Å². The van der Waals surface area contributed by atoms with E-state index in [4.69, 9.17) is 23.7 Å². The summed E-state index contributed by atoms with van der Waals surface area (Å²) in [4.78, 5) is 23.1. The number of aromatic nitrogens is 6. The minimum Gasteiger partial charge on any atom is -0.491 e. The fourth-order valence-corrected chi connectivity index (χ4v) is 7.49. The van der Waals surface area contributed by atoms with Gasteiger partial charge in [-0.15, -0.1) is 0 Å². The molecule has 0 aliphatic carbocycles. The van der Waals surface area contributed by atoms with Crippen LogP contribution in [0.2, 0.25) is 0 Å². The summed E-state index contributed by atoms with van der Waals surface area (Å²) in [5.74, 6) is 0.864. The Morgan fingerprint density at radius 1 is 0.596 bits per heavy atom. The largest absolute Gasteiger partial charge is 0.491 e. The first-order valence-electron chi connectivity index (χ1n) is 17.0. The zero-order valence-electron chi connectivity index (χ0n) is 30.2. The molecule has 0 amide bonds. The van der Waals surface area contributed by atoms with Gasteiger partial charge in [-0.2, -0.15) is 26.3 Å². The molecule has 0 spiro atoms. The summed E-state index contributed by atoms with van der Waals surface area (Å²) in [5, 5.41) is 0.340. The Hall–Kier alpha value is -5.28. The van der Waals surface area contributed by atoms with E-state index in [1.807, 2.05) is 0 Å². The Morgan fingerprint density at radius 2 is 1.02 bits per heavy atom. The number of hydrogen-bond donors (Lipinski definition) is 2. The molecule has 13 nitrogen and oxygen atoms in total. The van der Waals surface area contributed by atoms with Crippen molar-refractivity contribution in [3.05, 3.63) is 83.4 Å². The number of rotatable bonds is 18. The summed E-state index contributed by atoms with van der Waals surface area (Å²) in [5.41, 5.74) is 3.57. The minimum absolute atomic E-state index is 0.00889. The van der Waals surface area contributed by atoms with Gasteiger partial charge in [-0.05, 0) is 50.2 Å². The maximum atomic E-state index is 13.1. The number of pyridine rings is 2. The van der Waals surface area contributed by atoms with Crippen LogP contribution < -0.4 is 18.9 Å². The van der Waals surface area contributed by atoms with Crippen molar-refractivity contribution in [1.29, 1.82) is 0 Å². The van der Waals surface area contributed by atoms with E-state index in [0.717, 1.165) is 0 Å². The summed E-state index contributed by atoms with van der Waals surface area (Å²) in [7, 11) is -3.37. The third kappa shape index (κ3) is 11.4. The molecule has 57 heavy (non-hydrogen) atoms. The van der Waals surface area contributed by atoms with Gasteiger partial charge in [0, 0.05) is 35.7 Å². The van der Waals surface area contributed by atoms with E-state index >= 15 is 0 Å². The van der Waals surface area contributed by atoms with E-state index in [9.17, 15) is 34.8 Å². The zero-order chi connectivity index (χ0) is 40.7. The summed E-state index contributed by atoms with van der Waals surface area (Å²) in [6, 6.07) is 12.8. The Bertz CT molecular complexity index is 2220. The highest BCUT2D eigenvalue weighted by molar-refractivity contribution is 7.84. The average Bonchev–Trinajstić information content (AvgIpc) is 3.79. The molecule has 0 fully saturated rings. The highest BCUT2D eigenvalue weighted by Gasteiger charge is 2.30. The van der Waals surface area contributed by atoms with Gasteiger partial charge in [0.2, 0.25) is 0 Å². The molecule has 0 aliphatic rings. The average molecular weight is 841 g/mol. The fourth-order valence-electron chi connectivity index (χ4n) is 5.29. The molecule has 6 rings (SSSR count). The van der Waals surface area contributed by atoms with Crippen LogP contribution in [0.25, 0.3) is 22.1 Å². The molecular weight excluding hydrogens is 807 g/mol. The number of benzene rings is 2. The van der Waals surface area contributed by atoms with Gasteiger partial charge in [0.15, 0.2) is 23.5 Å². The fraction of sp³-hybridized carbons (Fsp3) is 0.333. The van der Waals surface area contributed by atoms with E-state index in [-0.39, 0.29) is 59.7 Å². The van der Waals surface area contributed by atoms with Gasteiger partial charge in [0.25, 0.3) is 0 Å². The SMILES string of the molecule is Cc1c(OCC(F)(F)F)ccnc1CS(=O)c1nc2ccc(OCCOCCOc3ccc4nc(S(=O)Cc5nccc(OCC(F)(F)F)c5C)[nH]c4c3)cc2[nH]1. The number of aromatic amines is 2. The highest BCUT2D eigenvalue weighted by atomic mass is 32.2. The molecule has 0 bridgehead atoms. The first kappa shape index (κ1) is 41.4. The monoisotopic (exact) mass is 840 g/mol. The number of hydrogen-bond acceptors (Lipinski definition) is 11. The minimum atomic E-state index is -4.50. The van der Waals surface area contributed by atoms with E-state index < -0.39 is 47.2 Å². The lowest BCUT2D eigenvalue weighted by atomic mass is 10.2. The normalized spacial score (nSPS) is 13.2. The Kier molecular flexibility index (Phi) is 13.0. The lowest BCUT2D eigenvalue weighted by Crippen LogP contribution is -2.20. The van der Waals surface area contributed by atoms with Gasteiger partial charge in [0.1, 0.15) is 36.2 Å². The van der Waals surface area contributed by atoms with Crippen molar-refractivity contribution in [2.24, 2.45) is 0 Å². The van der Waals surface area contributed by atoms with Crippen LogP contribution in [0, 0.1) is 13.8 Å². The van der Waals surface area contributed by atoms with Crippen LogP contribution >= 0.6 is 0 Å². The second-order valence-electron chi connectivity index (χ2n) is 12.3. The summed E-state index contributed by atoms with van der Waals surface area (Å²) in [6.45, 7) is 1.14. The highest BCUT2D eigenvalue weighted by Crippen LogP contribution is 2.28. The summed E-state index contributed by atoms with van der Waals surface area (Å²) >= 11 is 0. The number of imidazole rings is 2. The number of fused-ring (bicyclic) bond motifs is 2. The predicted molar refractivity (Wildman–Crippen MR) is 195 cm³/mol. The molecule has 0 saturated carbocycles. The lowest BCUT2D eigenvalue weighted by Gasteiger charge is -2.13. The number of H-pyrrole nitrogens is 2. The van der Waals surface area contributed by atoms with Crippen molar-refractivity contribution in [2.45, 2.75) is 48.0 Å². The number of nitrogens with zero attached hydrogens (tertiary/aromatic N) is 4. The number of nitrogens with one attached hydrogen (secondary N) is 2. The van der Waals surface area contributed by atoms with Gasteiger partial charge < -0.3 is 33.7 Å². The lowest BCUT2D eigenvalue weighted by molar-refractivity contribution is -0.154. The quantitative estimate of drug-likeness (QED) is 0.0690. The topological polar surface area (TPSA) is 163 Å². The van der Waals surface area contributed by atoms with Gasteiger partial charge >= 0.3 is 12.4 Å². The van der Waals surface area contributed by atoms with Crippen molar-refractivity contribution in [3.8, 4) is 23.0 Å². The van der Waals surface area contributed by atoms with Crippen molar-refractivity contribution in [3.63, 3.8) is 0 Å². The summed E-state index contributed by atoms with van der Waals surface area (Å²) < 4.78 is 129. The van der Waals surface area contributed by atoms with Crippen molar-refractivity contribution < 1.29 is 58.4 Å². The van der Waals surface area contributed by atoms with Gasteiger partial charge in [-0.25, -0.2) is 9.97 Å². The molecule has 21 heteroatoms. The third-order valence-corrected chi connectivity index (χ3v) is 10.4. The van der Waals surface area contributed by atoms with E-state index in [0.29, 0.717) is 56.1 Å². The Morgan fingerprint density at radius 3 is 1.42 bits per heavy atom. The van der Waals surface area contributed by atoms with Gasteiger partial charge in [0.05, 0.1) is 79.8 Å². The standard InChI is InChI=1S/C36H34F6N6O7S2/c1-21-29(43-9-7-31(21)54-19-35(37,38)39)17-56(49)33-45-25-5-3-23(15-27(25)47-33)52-13-11-51-12-14-53-24-4-6-26-28(16-24)48-34(46-26)57(50)18-30-22(2)32(8-10-44-30)55-20-36(40,41)42/h3-10,15-16H,11-14,17-20H2,1-2H3,(H,45,47)(H,46,48). The van der Waals surface area contributed by atoms with E-state index in [1.54, 1.807) is 50.2 Å². The second-order valence-corrected chi connectivity index (χ2v) is 15.0. The molecule has 0 radical (unpaired) electrons. The molecule has 0 aliphatic heterocycles. The predicted octanol–water partition coefficient (Wildman–Crippen LogP) is 6.82.